The summed E-state index contributed by atoms with van der Waals surface area (Å²) < 4.78 is 5.50. The maximum Gasteiger partial charge on any atom is 0.220 e. The number of benzene rings is 1. The Labute approximate surface area is 191 Å². The van der Waals surface area contributed by atoms with Gasteiger partial charge in [-0.05, 0) is 49.3 Å². The first kappa shape index (κ1) is 24.7. The molecule has 29 heavy (non-hydrogen) atoms. The molecule has 2 bridgehead atoms. The van der Waals surface area contributed by atoms with E-state index in [0.29, 0.717) is 31.0 Å². The van der Waals surface area contributed by atoms with E-state index in [-0.39, 0.29) is 36.8 Å². The first-order valence-electron chi connectivity index (χ1n) is 10.3. The summed E-state index contributed by atoms with van der Waals surface area (Å²) in [6, 6.07) is 9.43. The molecule has 0 aliphatic carbocycles. The minimum absolute atomic E-state index is 0. The van der Waals surface area contributed by atoms with Crippen LogP contribution in [0.15, 0.2) is 24.3 Å². The van der Waals surface area contributed by atoms with Crippen molar-refractivity contribution in [2.24, 2.45) is 5.92 Å². The third-order valence-corrected chi connectivity index (χ3v) is 6.53. The van der Waals surface area contributed by atoms with Crippen LogP contribution in [0.3, 0.4) is 0 Å². The van der Waals surface area contributed by atoms with Crippen molar-refractivity contribution in [2.45, 2.75) is 50.2 Å². The third kappa shape index (κ3) is 6.71. The van der Waals surface area contributed by atoms with E-state index in [2.05, 4.69) is 27.7 Å². The lowest BCUT2D eigenvalue weighted by Crippen LogP contribution is -2.44. The Kier molecular flexibility index (Phi) is 9.99. The molecule has 1 aromatic rings. The molecule has 3 heterocycles. The van der Waals surface area contributed by atoms with Gasteiger partial charge in [-0.1, -0.05) is 23.7 Å². The summed E-state index contributed by atoms with van der Waals surface area (Å²) >= 11 is 6.06. The Balaban J connectivity index is 0.00000150. The van der Waals surface area contributed by atoms with E-state index in [0.717, 1.165) is 44.2 Å². The Hall–Kier alpha value is -0.560. The van der Waals surface area contributed by atoms with Crippen LogP contribution >= 0.6 is 36.4 Å². The predicted octanol–water partition coefficient (Wildman–Crippen LogP) is 3.59. The molecule has 0 saturated carbocycles. The number of piperidine rings is 1. The van der Waals surface area contributed by atoms with E-state index >= 15 is 0 Å². The van der Waals surface area contributed by atoms with Gasteiger partial charge in [0.1, 0.15) is 0 Å². The van der Waals surface area contributed by atoms with Gasteiger partial charge >= 0.3 is 0 Å². The van der Waals surface area contributed by atoms with Crippen molar-refractivity contribution in [3.63, 3.8) is 0 Å². The molecule has 2 N–H and O–H groups in total. The Morgan fingerprint density at radius 2 is 1.76 bits per heavy atom. The van der Waals surface area contributed by atoms with Crippen LogP contribution in [0, 0.1) is 5.92 Å². The van der Waals surface area contributed by atoms with Crippen molar-refractivity contribution >= 4 is 42.3 Å². The molecule has 0 radical (unpaired) electrons. The standard InChI is InChI=1S/C21H30ClN3O2.2ClH/c22-17-3-1-16(2-4-17)20(25-7-9-27-10-8-25)14-23-21(26)13-15-11-18-5-6-19(12-15)24-18;;/h1-4,15,18-20,24H,5-14H2,(H,23,26);2*1H. The number of halogens is 3. The molecule has 5 nitrogen and oxygen atoms in total. The van der Waals surface area contributed by atoms with Crippen molar-refractivity contribution in [1.29, 1.82) is 0 Å². The molecule has 8 heteroatoms. The Bertz CT molecular complexity index is 629. The van der Waals surface area contributed by atoms with Gasteiger partial charge in [0.05, 0.1) is 19.3 Å². The molecule has 3 atom stereocenters. The number of ether oxygens (including phenoxy) is 1. The van der Waals surface area contributed by atoms with Gasteiger partial charge in [0.25, 0.3) is 0 Å². The van der Waals surface area contributed by atoms with E-state index < -0.39 is 0 Å². The largest absolute Gasteiger partial charge is 0.379 e. The fraction of sp³-hybridized carbons (Fsp3) is 0.667. The molecule has 4 rings (SSSR count). The molecule has 3 fully saturated rings. The minimum atomic E-state index is 0. The van der Waals surface area contributed by atoms with Gasteiger partial charge in [0, 0.05) is 43.2 Å². The number of rotatable bonds is 6. The smallest absolute Gasteiger partial charge is 0.220 e. The van der Waals surface area contributed by atoms with Crippen molar-refractivity contribution in [1.82, 2.24) is 15.5 Å². The molecular weight excluding hydrogens is 433 g/mol. The second-order valence-electron chi connectivity index (χ2n) is 8.20. The van der Waals surface area contributed by atoms with E-state index in [1.54, 1.807) is 0 Å². The topological polar surface area (TPSA) is 53.6 Å². The number of fused-ring (bicyclic) bond motifs is 2. The zero-order valence-electron chi connectivity index (χ0n) is 16.6. The summed E-state index contributed by atoms with van der Waals surface area (Å²) in [4.78, 5) is 15.0. The van der Waals surface area contributed by atoms with Crippen LogP contribution in [-0.2, 0) is 9.53 Å². The number of hydrogen-bond acceptors (Lipinski definition) is 4. The van der Waals surface area contributed by atoms with Crippen LogP contribution in [-0.4, -0.2) is 55.7 Å². The molecule has 164 valence electrons. The Morgan fingerprint density at radius 3 is 2.38 bits per heavy atom. The average molecular weight is 465 g/mol. The summed E-state index contributed by atoms with van der Waals surface area (Å²) in [5, 5.41) is 7.61. The number of nitrogens with zero attached hydrogens (tertiary/aromatic N) is 1. The first-order valence-corrected chi connectivity index (χ1v) is 10.6. The monoisotopic (exact) mass is 463 g/mol. The lowest BCUT2D eigenvalue weighted by molar-refractivity contribution is -0.122. The van der Waals surface area contributed by atoms with Gasteiger partial charge in [-0.15, -0.1) is 24.8 Å². The fourth-order valence-corrected chi connectivity index (χ4v) is 5.04. The molecule has 1 amide bonds. The van der Waals surface area contributed by atoms with Crippen LogP contribution in [0.1, 0.15) is 43.7 Å². The number of carbonyl (C=O) groups excluding carboxylic acids is 1. The molecule has 0 aromatic heterocycles. The summed E-state index contributed by atoms with van der Waals surface area (Å²) in [7, 11) is 0. The molecule has 3 aliphatic heterocycles. The molecule has 3 aliphatic rings. The van der Waals surface area contributed by atoms with Crippen LogP contribution in [0.4, 0.5) is 0 Å². The summed E-state index contributed by atoms with van der Waals surface area (Å²) in [5.41, 5.74) is 1.20. The number of morpholine rings is 1. The third-order valence-electron chi connectivity index (χ3n) is 6.28. The zero-order valence-corrected chi connectivity index (χ0v) is 19.0. The maximum absolute atomic E-state index is 12.6. The molecule has 3 unspecified atom stereocenters. The van der Waals surface area contributed by atoms with Crippen molar-refractivity contribution < 1.29 is 9.53 Å². The van der Waals surface area contributed by atoms with Crippen LogP contribution in [0.25, 0.3) is 0 Å². The highest BCUT2D eigenvalue weighted by molar-refractivity contribution is 6.30. The lowest BCUT2D eigenvalue weighted by atomic mass is 9.89. The second kappa shape index (κ2) is 11.7. The second-order valence-corrected chi connectivity index (χ2v) is 8.64. The number of hydrogen-bond donors (Lipinski definition) is 2. The number of amides is 1. The highest BCUT2D eigenvalue weighted by Crippen LogP contribution is 2.32. The van der Waals surface area contributed by atoms with Crippen molar-refractivity contribution in [2.75, 3.05) is 32.8 Å². The maximum atomic E-state index is 12.6. The highest BCUT2D eigenvalue weighted by Gasteiger charge is 2.34. The molecule has 0 spiro atoms. The van der Waals surface area contributed by atoms with Gasteiger partial charge in [0.2, 0.25) is 5.91 Å². The number of carbonyl (C=O) groups is 1. The van der Waals surface area contributed by atoms with E-state index in [1.165, 1.54) is 18.4 Å². The van der Waals surface area contributed by atoms with Crippen LogP contribution < -0.4 is 10.6 Å². The van der Waals surface area contributed by atoms with Gasteiger partial charge in [0.15, 0.2) is 0 Å². The van der Waals surface area contributed by atoms with E-state index in [1.807, 2.05) is 12.1 Å². The summed E-state index contributed by atoms with van der Waals surface area (Å²) in [5.74, 6) is 0.717. The van der Waals surface area contributed by atoms with Crippen molar-refractivity contribution in [3.05, 3.63) is 34.9 Å². The molecule has 3 saturated heterocycles. The minimum Gasteiger partial charge on any atom is -0.379 e. The normalized spacial score (nSPS) is 27.4. The van der Waals surface area contributed by atoms with E-state index in [4.69, 9.17) is 16.3 Å². The quantitative estimate of drug-likeness (QED) is 0.675. The van der Waals surface area contributed by atoms with Gasteiger partial charge in [-0.2, -0.15) is 0 Å². The summed E-state index contributed by atoms with van der Waals surface area (Å²) in [6.45, 7) is 3.91. The predicted molar refractivity (Wildman–Crippen MR) is 121 cm³/mol. The highest BCUT2D eigenvalue weighted by atomic mass is 35.5. The van der Waals surface area contributed by atoms with Crippen LogP contribution in [0.2, 0.25) is 5.02 Å². The zero-order chi connectivity index (χ0) is 18.6. The fourth-order valence-electron chi connectivity index (χ4n) is 4.92. The van der Waals surface area contributed by atoms with Crippen LogP contribution in [0.5, 0.6) is 0 Å². The van der Waals surface area contributed by atoms with Gasteiger partial charge in [-0.25, -0.2) is 0 Å². The number of nitrogens with one attached hydrogen (secondary N) is 2. The Morgan fingerprint density at radius 1 is 1.14 bits per heavy atom. The van der Waals surface area contributed by atoms with Gasteiger partial charge in [-0.3, -0.25) is 9.69 Å². The molecule has 1 aromatic carbocycles. The lowest BCUT2D eigenvalue weighted by Gasteiger charge is -2.35. The van der Waals surface area contributed by atoms with Gasteiger partial charge < -0.3 is 15.4 Å². The summed E-state index contributed by atoms with van der Waals surface area (Å²) in [6.07, 6.45) is 5.50. The average Bonchev–Trinajstić information content (AvgIpc) is 3.02. The molecular formula is C21H32Cl3N3O2. The SMILES string of the molecule is Cl.Cl.O=C(CC1CC2CCC(C1)N2)NCC(c1ccc(Cl)cc1)N1CCOCC1. The van der Waals surface area contributed by atoms with Crippen molar-refractivity contribution in [3.8, 4) is 0 Å². The van der Waals surface area contributed by atoms with E-state index in [9.17, 15) is 4.79 Å². The first-order chi connectivity index (χ1) is 13.2.